The van der Waals surface area contributed by atoms with Crippen LogP contribution in [0.4, 0.5) is 17.1 Å². The first-order chi connectivity index (χ1) is 14.0. The maximum atomic E-state index is 12.4. The van der Waals surface area contributed by atoms with Crippen LogP contribution in [0.25, 0.3) is 0 Å². The van der Waals surface area contributed by atoms with Gasteiger partial charge in [0.25, 0.3) is 5.91 Å². The molecule has 2 amide bonds. The van der Waals surface area contributed by atoms with Crippen molar-refractivity contribution in [3.8, 4) is 0 Å². The van der Waals surface area contributed by atoms with Gasteiger partial charge >= 0.3 is 0 Å². The fourth-order valence-electron chi connectivity index (χ4n) is 2.75. The van der Waals surface area contributed by atoms with Crippen LogP contribution < -0.4 is 21.7 Å². The highest BCUT2D eigenvalue weighted by atomic mass is 16.2. The van der Waals surface area contributed by atoms with Crippen LogP contribution in [0, 0.1) is 0 Å². The van der Waals surface area contributed by atoms with E-state index in [0.717, 1.165) is 11.3 Å². The van der Waals surface area contributed by atoms with Crippen LogP contribution in [0.5, 0.6) is 0 Å². The molecule has 0 fully saturated rings. The van der Waals surface area contributed by atoms with Crippen molar-refractivity contribution in [3.05, 3.63) is 84.2 Å². The van der Waals surface area contributed by atoms with Crippen molar-refractivity contribution in [3.63, 3.8) is 0 Å². The van der Waals surface area contributed by atoms with Crippen molar-refractivity contribution in [1.82, 2.24) is 10.3 Å². The number of nitrogens with zero attached hydrogens (tertiary/aromatic N) is 1. The van der Waals surface area contributed by atoms with E-state index in [1.54, 1.807) is 42.7 Å². The number of para-hydroxylation sites is 2. The van der Waals surface area contributed by atoms with Gasteiger partial charge in [0.2, 0.25) is 5.91 Å². The fraction of sp³-hybridized carbons (Fsp3) is 0.136. The van der Waals surface area contributed by atoms with E-state index in [4.69, 9.17) is 5.73 Å². The number of hydrogen-bond donors (Lipinski definition) is 4. The average molecular weight is 389 g/mol. The minimum Gasteiger partial charge on any atom is -0.397 e. The van der Waals surface area contributed by atoms with Gasteiger partial charge in [-0.3, -0.25) is 14.6 Å². The van der Waals surface area contributed by atoms with Crippen LogP contribution in [0.2, 0.25) is 0 Å². The van der Waals surface area contributed by atoms with E-state index in [2.05, 4.69) is 20.9 Å². The SMILES string of the molecule is CC(NC(=O)CNc1cccnc1)c1ccc(C(=O)Nc2ccccc2N)cc1. The molecule has 0 radical (unpaired) electrons. The van der Waals surface area contributed by atoms with Gasteiger partial charge in [0.1, 0.15) is 0 Å². The van der Waals surface area contributed by atoms with E-state index < -0.39 is 0 Å². The summed E-state index contributed by atoms with van der Waals surface area (Å²) in [6.45, 7) is 2.04. The molecule has 3 aromatic rings. The Morgan fingerprint density at radius 1 is 1.03 bits per heavy atom. The third-order valence-electron chi connectivity index (χ3n) is 4.37. The number of pyridine rings is 1. The van der Waals surface area contributed by atoms with Crippen LogP contribution in [0.15, 0.2) is 73.1 Å². The second kappa shape index (κ2) is 9.36. The Hall–Kier alpha value is -3.87. The van der Waals surface area contributed by atoms with Gasteiger partial charge < -0.3 is 21.7 Å². The van der Waals surface area contributed by atoms with Gasteiger partial charge in [-0.1, -0.05) is 24.3 Å². The molecule has 0 aliphatic heterocycles. The lowest BCUT2D eigenvalue weighted by Gasteiger charge is -2.15. The van der Waals surface area contributed by atoms with Gasteiger partial charge in [0.15, 0.2) is 0 Å². The summed E-state index contributed by atoms with van der Waals surface area (Å²) < 4.78 is 0. The van der Waals surface area contributed by atoms with Gasteiger partial charge in [-0.05, 0) is 48.9 Å². The second-order valence-electron chi connectivity index (χ2n) is 6.55. The monoisotopic (exact) mass is 389 g/mol. The molecule has 0 aliphatic rings. The molecule has 1 aromatic heterocycles. The number of nitrogens with one attached hydrogen (secondary N) is 3. The van der Waals surface area contributed by atoms with Gasteiger partial charge in [-0.25, -0.2) is 0 Å². The molecule has 7 heteroatoms. The highest BCUT2D eigenvalue weighted by Crippen LogP contribution is 2.19. The number of aromatic nitrogens is 1. The van der Waals surface area contributed by atoms with Gasteiger partial charge in [0.05, 0.1) is 29.6 Å². The molecule has 1 atom stereocenters. The molecule has 2 aromatic carbocycles. The second-order valence-corrected chi connectivity index (χ2v) is 6.55. The van der Waals surface area contributed by atoms with Gasteiger partial charge in [-0.2, -0.15) is 0 Å². The van der Waals surface area contributed by atoms with E-state index >= 15 is 0 Å². The maximum Gasteiger partial charge on any atom is 0.255 e. The number of rotatable bonds is 7. The third kappa shape index (κ3) is 5.55. The zero-order chi connectivity index (χ0) is 20.6. The zero-order valence-electron chi connectivity index (χ0n) is 16.1. The Bertz CT molecular complexity index is 974. The molecule has 0 saturated carbocycles. The minimum atomic E-state index is -0.244. The van der Waals surface area contributed by atoms with Crippen LogP contribution >= 0.6 is 0 Å². The standard InChI is InChI=1S/C22H23N5O2/c1-15(26-21(28)14-25-18-5-4-12-24-13-18)16-8-10-17(11-9-16)22(29)27-20-7-3-2-6-19(20)23/h2-13,15,25H,14,23H2,1H3,(H,26,28)(H,27,29). The quantitative estimate of drug-likeness (QED) is 0.464. The molecule has 1 heterocycles. The molecular formula is C22H23N5O2. The topological polar surface area (TPSA) is 109 Å². The lowest BCUT2D eigenvalue weighted by atomic mass is 10.1. The highest BCUT2D eigenvalue weighted by molar-refractivity contribution is 6.05. The van der Waals surface area contributed by atoms with Crippen molar-refractivity contribution in [2.24, 2.45) is 0 Å². The molecule has 0 spiro atoms. The predicted molar refractivity (Wildman–Crippen MR) is 115 cm³/mol. The lowest BCUT2D eigenvalue weighted by Crippen LogP contribution is -2.32. The molecule has 3 rings (SSSR count). The van der Waals surface area contributed by atoms with Crippen molar-refractivity contribution in [2.75, 3.05) is 22.9 Å². The maximum absolute atomic E-state index is 12.4. The number of anilines is 3. The first-order valence-electron chi connectivity index (χ1n) is 9.22. The Morgan fingerprint density at radius 3 is 2.48 bits per heavy atom. The highest BCUT2D eigenvalue weighted by Gasteiger charge is 2.12. The summed E-state index contributed by atoms with van der Waals surface area (Å²) in [7, 11) is 0. The summed E-state index contributed by atoms with van der Waals surface area (Å²) in [6.07, 6.45) is 3.33. The predicted octanol–water partition coefficient (Wildman–Crippen LogP) is 3.21. The largest absolute Gasteiger partial charge is 0.397 e. The number of benzene rings is 2. The summed E-state index contributed by atoms with van der Waals surface area (Å²) in [5.74, 6) is -0.380. The molecule has 148 valence electrons. The van der Waals surface area contributed by atoms with Crippen molar-refractivity contribution < 1.29 is 9.59 Å². The van der Waals surface area contributed by atoms with Crippen molar-refractivity contribution in [2.45, 2.75) is 13.0 Å². The molecule has 7 nitrogen and oxygen atoms in total. The summed E-state index contributed by atoms with van der Waals surface area (Å²) in [6, 6.07) is 17.6. The summed E-state index contributed by atoms with van der Waals surface area (Å²) in [5.41, 5.74) is 9.12. The number of amides is 2. The van der Waals surface area contributed by atoms with Crippen LogP contribution in [0.3, 0.4) is 0 Å². The number of carbonyl (C=O) groups excluding carboxylic acids is 2. The van der Waals surface area contributed by atoms with Gasteiger partial charge in [-0.15, -0.1) is 0 Å². The first-order valence-corrected chi connectivity index (χ1v) is 9.22. The minimum absolute atomic E-state index is 0.136. The fourth-order valence-corrected chi connectivity index (χ4v) is 2.75. The Morgan fingerprint density at radius 2 is 1.79 bits per heavy atom. The number of carbonyl (C=O) groups is 2. The van der Waals surface area contributed by atoms with E-state index in [1.165, 1.54) is 0 Å². The van der Waals surface area contributed by atoms with Gasteiger partial charge in [0, 0.05) is 18.0 Å². The Labute approximate surface area is 169 Å². The molecule has 0 aliphatic carbocycles. The van der Waals surface area contributed by atoms with Crippen molar-refractivity contribution >= 4 is 28.9 Å². The third-order valence-corrected chi connectivity index (χ3v) is 4.37. The zero-order valence-corrected chi connectivity index (χ0v) is 16.1. The van der Waals surface area contributed by atoms with Crippen molar-refractivity contribution in [1.29, 1.82) is 0 Å². The van der Waals surface area contributed by atoms with E-state index in [-0.39, 0.29) is 24.4 Å². The normalized spacial score (nSPS) is 11.3. The van der Waals surface area contributed by atoms with E-state index in [1.807, 2.05) is 37.3 Å². The average Bonchev–Trinajstić information content (AvgIpc) is 2.74. The molecule has 5 N–H and O–H groups in total. The first kappa shape index (κ1) is 19.9. The van der Waals surface area contributed by atoms with Crippen LogP contribution in [0.1, 0.15) is 28.9 Å². The smallest absolute Gasteiger partial charge is 0.255 e. The van der Waals surface area contributed by atoms with E-state index in [9.17, 15) is 9.59 Å². The molecular weight excluding hydrogens is 366 g/mol. The Balaban J connectivity index is 1.54. The molecule has 1 unspecified atom stereocenters. The van der Waals surface area contributed by atoms with Crippen LogP contribution in [-0.2, 0) is 4.79 Å². The number of nitrogens with two attached hydrogens (primary N) is 1. The molecule has 0 saturated heterocycles. The summed E-state index contributed by atoms with van der Waals surface area (Å²) in [4.78, 5) is 28.5. The Kier molecular flexibility index (Phi) is 6.42. The molecule has 29 heavy (non-hydrogen) atoms. The number of hydrogen-bond acceptors (Lipinski definition) is 5. The van der Waals surface area contributed by atoms with E-state index in [0.29, 0.717) is 16.9 Å². The van der Waals surface area contributed by atoms with Crippen LogP contribution in [-0.4, -0.2) is 23.3 Å². The molecule has 0 bridgehead atoms. The lowest BCUT2D eigenvalue weighted by molar-refractivity contribution is -0.120. The summed E-state index contributed by atoms with van der Waals surface area (Å²) >= 11 is 0. The summed E-state index contributed by atoms with van der Waals surface area (Å²) in [5, 5.41) is 8.73. The number of nitrogen functional groups attached to an aromatic ring is 1.